The summed E-state index contributed by atoms with van der Waals surface area (Å²) in [5.74, 6) is 1.37. The summed E-state index contributed by atoms with van der Waals surface area (Å²) in [6.45, 7) is 2.08. The molecule has 0 aliphatic heterocycles. The number of hydrogen-bond acceptors (Lipinski definition) is 4. The Bertz CT molecular complexity index is 703. The number of imidazole rings is 1. The number of aryl methyl sites for hydroxylation is 1. The number of rotatable bonds is 3. The fourth-order valence-electron chi connectivity index (χ4n) is 1.84. The van der Waals surface area contributed by atoms with E-state index in [9.17, 15) is 0 Å². The topological polar surface area (TPSA) is 67.6 Å². The van der Waals surface area contributed by atoms with E-state index in [4.69, 9.17) is 5.73 Å². The van der Waals surface area contributed by atoms with Crippen molar-refractivity contribution in [1.29, 1.82) is 0 Å². The maximum atomic E-state index is 5.56. The van der Waals surface area contributed by atoms with E-state index in [1.165, 1.54) is 5.56 Å². The summed E-state index contributed by atoms with van der Waals surface area (Å²) in [5, 5.41) is 0.928. The standard InChI is InChI=1S/C14H14N4S/c1-9-2-4-11-12(6-9)18-14(17-11)19-8-10-3-5-13(15)16-7-10/h2-7H,8H2,1H3,(H2,15,16)(H,17,18). The first-order valence-electron chi connectivity index (χ1n) is 6.00. The average molecular weight is 270 g/mol. The van der Waals surface area contributed by atoms with Gasteiger partial charge in [0.05, 0.1) is 11.0 Å². The van der Waals surface area contributed by atoms with Gasteiger partial charge in [0.25, 0.3) is 0 Å². The second-order valence-corrected chi connectivity index (χ2v) is 5.41. The number of anilines is 1. The van der Waals surface area contributed by atoms with Crippen LogP contribution in [0.3, 0.4) is 0 Å². The van der Waals surface area contributed by atoms with Crippen molar-refractivity contribution in [3.8, 4) is 0 Å². The van der Waals surface area contributed by atoms with E-state index in [1.54, 1.807) is 18.0 Å². The molecule has 0 spiro atoms. The van der Waals surface area contributed by atoms with Gasteiger partial charge in [-0.3, -0.25) is 0 Å². The molecule has 19 heavy (non-hydrogen) atoms. The van der Waals surface area contributed by atoms with Crippen LogP contribution in [-0.2, 0) is 5.75 Å². The van der Waals surface area contributed by atoms with Crippen molar-refractivity contribution in [1.82, 2.24) is 15.0 Å². The Morgan fingerprint density at radius 3 is 2.95 bits per heavy atom. The molecule has 0 atom stereocenters. The Balaban J connectivity index is 1.76. The Labute approximate surface area is 115 Å². The highest BCUT2D eigenvalue weighted by molar-refractivity contribution is 7.98. The fourth-order valence-corrected chi connectivity index (χ4v) is 2.66. The fraction of sp³-hybridized carbons (Fsp3) is 0.143. The van der Waals surface area contributed by atoms with E-state index in [0.717, 1.165) is 27.5 Å². The molecule has 5 heteroatoms. The zero-order valence-corrected chi connectivity index (χ0v) is 11.4. The lowest BCUT2D eigenvalue weighted by atomic mass is 10.2. The molecule has 2 heterocycles. The minimum Gasteiger partial charge on any atom is -0.384 e. The number of nitrogens with zero attached hydrogens (tertiary/aromatic N) is 2. The van der Waals surface area contributed by atoms with Crippen molar-refractivity contribution in [3.05, 3.63) is 47.7 Å². The molecule has 0 radical (unpaired) electrons. The highest BCUT2D eigenvalue weighted by atomic mass is 32.2. The molecule has 0 amide bonds. The third-order valence-electron chi connectivity index (χ3n) is 2.84. The predicted molar refractivity (Wildman–Crippen MR) is 79.0 cm³/mol. The maximum absolute atomic E-state index is 5.56. The lowest BCUT2D eigenvalue weighted by Crippen LogP contribution is -1.90. The maximum Gasteiger partial charge on any atom is 0.166 e. The van der Waals surface area contributed by atoms with E-state index in [-0.39, 0.29) is 0 Å². The minimum absolute atomic E-state index is 0.549. The van der Waals surface area contributed by atoms with Crippen molar-refractivity contribution in [2.24, 2.45) is 0 Å². The Morgan fingerprint density at radius 1 is 1.26 bits per heavy atom. The van der Waals surface area contributed by atoms with Gasteiger partial charge in [0.15, 0.2) is 5.16 Å². The molecular formula is C14H14N4S. The molecular weight excluding hydrogens is 256 g/mol. The highest BCUT2D eigenvalue weighted by Crippen LogP contribution is 2.23. The molecule has 3 aromatic rings. The van der Waals surface area contributed by atoms with Gasteiger partial charge in [-0.25, -0.2) is 9.97 Å². The number of nitrogens with two attached hydrogens (primary N) is 1. The lowest BCUT2D eigenvalue weighted by Gasteiger charge is -1.98. The van der Waals surface area contributed by atoms with E-state index in [2.05, 4.69) is 34.0 Å². The Kier molecular flexibility index (Phi) is 3.13. The van der Waals surface area contributed by atoms with Crippen LogP contribution in [0.15, 0.2) is 41.7 Å². The second-order valence-electron chi connectivity index (χ2n) is 4.44. The van der Waals surface area contributed by atoms with Gasteiger partial charge >= 0.3 is 0 Å². The van der Waals surface area contributed by atoms with Crippen LogP contribution < -0.4 is 5.73 Å². The molecule has 96 valence electrons. The van der Waals surface area contributed by atoms with E-state index in [0.29, 0.717) is 5.82 Å². The summed E-state index contributed by atoms with van der Waals surface area (Å²) in [4.78, 5) is 12.0. The average Bonchev–Trinajstić information content (AvgIpc) is 2.80. The molecule has 0 saturated carbocycles. The number of pyridine rings is 1. The Morgan fingerprint density at radius 2 is 2.16 bits per heavy atom. The largest absolute Gasteiger partial charge is 0.384 e. The molecule has 0 saturated heterocycles. The van der Waals surface area contributed by atoms with Gasteiger partial charge in [0.2, 0.25) is 0 Å². The van der Waals surface area contributed by atoms with Gasteiger partial charge < -0.3 is 10.7 Å². The molecule has 0 aliphatic rings. The number of nitrogens with one attached hydrogen (secondary N) is 1. The van der Waals surface area contributed by atoms with Crippen molar-refractivity contribution < 1.29 is 0 Å². The summed E-state index contributed by atoms with van der Waals surface area (Å²) < 4.78 is 0. The number of thioether (sulfide) groups is 1. The van der Waals surface area contributed by atoms with Crippen molar-refractivity contribution in [2.45, 2.75) is 17.8 Å². The van der Waals surface area contributed by atoms with Crippen LogP contribution in [0.1, 0.15) is 11.1 Å². The first kappa shape index (κ1) is 12.0. The van der Waals surface area contributed by atoms with Crippen LogP contribution in [-0.4, -0.2) is 15.0 Å². The molecule has 0 bridgehead atoms. The normalized spacial score (nSPS) is 11.0. The van der Waals surface area contributed by atoms with Crippen LogP contribution in [0.2, 0.25) is 0 Å². The third kappa shape index (κ3) is 2.71. The smallest absolute Gasteiger partial charge is 0.166 e. The monoisotopic (exact) mass is 270 g/mol. The zero-order chi connectivity index (χ0) is 13.2. The van der Waals surface area contributed by atoms with E-state index >= 15 is 0 Å². The number of nitrogen functional groups attached to an aromatic ring is 1. The van der Waals surface area contributed by atoms with Crippen molar-refractivity contribution >= 4 is 28.6 Å². The minimum atomic E-state index is 0.549. The first-order chi connectivity index (χ1) is 9.20. The lowest BCUT2D eigenvalue weighted by molar-refractivity contribution is 1.08. The number of aromatic nitrogens is 3. The Hall–Kier alpha value is -2.01. The second kappa shape index (κ2) is 4.93. The molecule has 0 fully saturated rings. The first-order valence-corrected chi connectivity index (χ1v) is 6.99. The van der Waals surface area contributed by atoms with Crippen LogP contribution in [0.25, 0.3) is 11.0 Å². The molecule has 4 nitrogen and oxygen atoms in total. The number of H-pyrrole nitrogens is 1. The van der Waals surface area contributed by atoms with Crippen LogP contribution in [0.4, 0.5) is 5.82 Å². The van der Waals surface area contributed by atoms with Crippen LogP contribution in [0, 0.1) is 6.92 Å². The zero-order valence-electron chi connectivity index (χ0n) is 10.6. The van der Waals surface area contributed by atoms with Gasteiger partial charge in [-0.05, 0) is 36.2 Å². The van der Waals surface area contributed by atoms with Crippen LogP contribution in [0.5, 0.6) is 0 Å². The van der Waals surface area contributed by atoms with Crippen molar-refractivity contribution in [2.75, 3.05) is 5.73 Å². The summed E-state index contributed by atoms with van der Waals surface area (Å²) >= 11 is 1.66. The third-order valence-corrected chi connectivity index (χ3v) is 3.78. The highest BCUT2D eigenvalue weighted by Gasteiger charge is 2.04. The van der Waals surface area contributed by atoms with Gasteiger partial charge in [-0.1, -0.05) is 23.9 Å². The van der Waals surface area contributed by atoms with Crippen molar-refractivity contribution in [3.63, 3.8) is 0 Å². The van der Waals surface area contributed by atoms with Gasteiger partial charge in [-0.2, -0.15) is 0 Å². The number of aromatic amines is 1. The van der Waals surface area contributed by atoms with Gasteiger partial charge in [0.1, 0.15) is 5.82 Å². The molecule has 3 N–H and O–H groups in total. The van der Waals surface area contributed by atoms with E-state index < -0.39 is 0 Å². The van der Waals surface area contributed by atoms with Gasteiger partial charge in [-0.15, -0.1) is 0 Å². The van der Waals surface area contributed by atoms with Gasteiger partial charge in [0, 0.05) is 11.9 Å². The molecule has 3 rings (SSSR count). The van der Waals surface area contributed by atoms with Crippen LogP contribution >= 0.6 is 11.8 Å². The summed E-state index contributed by atoms with van der Waals surface area (Å²) in [6, 6.07) is 10.0. The molecule has 0 unspecified atom stereocenters. The molecule has 0 aliphatic carbocycles. The number of hydrogen-bond donors (Lipinski definition) is 2. The SMILES string of the molecule is Cc1ccc2nc(SCc3ccc(N)nc3)[nH]c2c1. The number of benzene rings is 1. The number of fused-ring (bicyclic) bond motifs is 1. The quantitative estimate of drug-likeness (QED) is 0.717. The van der Waals surface area contributed by atoms with E-state index in [1.807, 2.05) is 18.2 Å². The molecule has 1 aromatic carbocycles. The summed E-state index contributed by atoms with van der Waals surface area (Å²) in [7, 11) is 0. The summed E-state index contributed by atoms with van der Waals surface area (Å²) in [5.41, 5.74) is 10.0. The summed E-state index contributed by atoms with van der Waals surface area (Å²) in [6.07, 6.45) is 1.80. The molecule has 2 aromatic heterocycles. The predicted octanol–water partition coefficient (Wildman–Crippen LogP) is 3.14.